The van der Waals surface area contributed by atoms with Crippen LogP contribution >= 0.6 is 0 Å². The minimum Gasteiger partial charge on any atom is -0.497 e. The van der Waals surface area contributed by atoms with E-state index in [4.69, 9.17) is 15.2 Å². The van der Waals surface area contributed by atoms with Gasteiger partial charge in [0.25, 0.3) is 0 Å². The van der Waals surface area contributed by atoms with E-state index < -0.39 is 11.9 Å². The van der Waals surface area contributed by atoms with Crippen LogP contribution in [-0.2, 0) is 4.79 Å². The van der Waals surface area contributed by atoms with E-state index in [1.165, 1.54) is 0 Å². The Morgan fingerprint density at radius 2 is 1.85 bits per heavy atom. The van der Waals surface area contributed by atoms with Crippen molar-refractivity contribution in [3.63, 3.8) is 0 Å². The zero-order valence-corrected chi connectivity index (χ0v) is 11.6. The molecule has 7 nitrogen and oxygen atoms in total. The van der Waals surface area contributed by atoms with Crippen molar-refractivity contribution in [2.75, 3.05) is 33.9 Å². The fraction of sp³-hybridized carbons (Fsp3) is 0.385. The summed E-state index contributed by atoms with van der Waals surface area (Å²) < 4.78 is 10.6. The van der Waals surface area contributed by atoms with Crippen LogP contribution in [0.3, 0.4) is 0 Å². The lowest BCUT2D eigenvalue weighted by atomic mass is 10.3. The Hall–Kier alpha value is -2.28. The maximum absolute atomic E-state index is 11.3. The molecule has 0 fully saturated rings. The van der Waals surface area contributed by atoms with Gasteiger partial charge in [0.1, 0.15) is 18.1 Å². The Kier molecular flexibility index (Phi) is 6.31. The first-order valence-corrected chi connectivity index (χ1v) is 6.06. The van der Waals surface area contributed by atoms with Crippen molar-refractivity contribution in [2.45, 2.75) is 0 Å². The summed E-state index contributed by atoms with van der Waals surface area (Å²) in [5, 5.41) is 2.00. The topological polar surface area (TPSA) is 93.9 Å². The number of primary amides is 1. The summed E-state index contributed by atoms with van der Waals surface area (Å²) in [6, 6.07) is 6.37. The molecular weight excluding hydrogens is 262 g/mol. The normalized spacial score (nSPS) is 10.2. The SMILES string of the molecule is COc1ccc(OCCN(C)CC(=O)NC(N)=O)cc1. The molecule has 0 saturated heterocycles. The van der Waals surface area contributed by atoms with Gasteiger partial charge >= 0.3 is 6.03 Å². The van der Waals surface area contributed by atoms with Gasteiger partial charge in [0.05, 0.1) is 13.7 Å². The van der Waals surface area contributed by atoms with Crippen LogP contribution in [0.4, 0.5) is 4.79 Å². The molecule has 0 aliphatic rings. The second kappa shape index (κ2) is 8.00. The van der Waals surface area contributed by atoms with E-state index in [1.807, 2.05) is 5.32 Å². The fourth-order valence-electron chi connectivity index (χ4n) is 1.49. The molecule has 110 valence electrons. The monoisotopic (exact) mass is 281 g/mol. The van der Waals surface area contributed by atoms with Crippen molar-refractivity contribution in [3.8, 4) is 11.5 Å². The van der Waals surface area contributed by atoms with Crippen molar-refractivity contribution in [2.24, 2.45) is 5.73 Å². The summed E-state index contributed by atoms with van der Waals surface area (Å²) in [5.74, 6) is 1.04. The Balaban J connectivity index is 2.25. The van der Waals surface area contributed by atoms with Crippen molar-refractivity contribution in [1.29, 1.82) is 0 Å². The highest BCUT2D eigenvalue weighted by atomic mass is 16.5. The van der Waals surface area contributed by atoms with Crippen LogP contribution < -0.4 is 20.5 Å². The van der Waals surface area contributed by atoms with E-state index in [9.17, 15) is 9.59 Å². The predicted molar refractivity (Wildman–Crippen MR) is 73.7 cm³/mol. The highest BCUT2D eigenvalue weighted by Crippen LogP contribution is 2.16. The first kappa shape index (κ1) is 15.8. The minimum absolute atomic E-state index is 0.0783. The molecule has 3 amide bonds. The van der Waals surface area contributed by atoms with Crippen molar-refractivity contribution in [3.05, 3.63) is 24.3 Å². The highest BCUT2D eigenvalue weighted by Gasteiger charge is 2.08. The number of hydrogen-bond acceptors (Lipinski definition) is 5. The number of methoxy groups -OCH3 is 1. The lowest BCUT2D eigenvalue weighted by Gasteiger charge is -2.16. The average Bonchev–Trinajstić information content (AvgIpc) is 2.38. The number of carbonyl (C=O) groups excluding carboxylic acids is 2. The predicted octanol–water partition coefficient (Wildman–Crippen LogP) is 0.201. The van der Waals surface area contributed by atoms with Crippen LogP contribution in [-0.4, -0.2) is 50.7 Å². The number of imide groups is 1. The molecule has 0 unspecified atom stereocenters. The van der Waals surface area contributed by atoms with Crippen molar-refractivity contribution >= 4 is 11.9 Å². The third-order valence-corrected chi connectivity index (χ3v) is 2.48. The van der Waals surface area contributed by atoms with Crippen LogP contribution in [0.1, 0.15) is 0 Å². The Labute approximate surface area is 117 Å². The molecule has 0 radical (unpaired) electrons. The molecule has 0 heterocycles. The standard InChI is InChI=1S/C13H19N3O4/c1-16(9-12(17)15-13(14)18)7-8-20-11-5-3-10(19-2)4-6-11/h3-6H,7-9H2,1-2H3,(H3,14,15,17,18). The number of nitrogens with zero attached hydrogens (tertiary/aromatic N) is 1. The smallest absolute Gasteiger partial charge is 0.318 e. The van der Waals surface area contributed by atoms with Crippen LogP contribution in [0.15, 0.2) is 24.3 Å². The van der Waals surface area contributed by atoms with Crippen molar-refractivity contribution in [1.82, 2.24) is 10.2 Å². The van der Waals surface area contributed by atoms with Gasteiger partial charge in [-0.25, -0.2) is 4.79 Å². The number of hydrogen-bond donors (Lipinski definition) is 2. The first-order chi connectivity index (χ1) is 9.51. The zero-order valence-electron chi connectivity index (χ0n) is 11.6. The van der Waals surface area contributed by atoms with Gasteiger partial charge in [-0.1, -0.05) is 0 Å². The van der Waals surface area contributed by atoms with Gasteiger partial charge in [-0.2, -0.15) is 0 Å². The number of nitrogens with two attached hydrogens (primary N) is 1. The number of amides is 3. The van der Waals surface area contributed by atoms with Gasteiger partial charge in [-0.3, -0.25) is 15.0 Å². The first-order valence-electron chi connectivity index (χ1n) is 6.06. The van der Waals surface area contributed by atoms with E-state index in [-0.39, 0.29) is 6.54 Å². The van der Waals surface area contributed by atoms with E-state index in [0.717, 1.165) is 11.5 Å². The summed E-state index contributed by atoms with van der Waals surface area (Å²) in [5.41, 5.74) is 4.84. The Morgan fingerprint density at radius 3 is 2.40 bits per heavy atom. The van der Waals surface area contributed by atoms with E-state index in [0.29, 0.717) is 13.2 Å². The molecule has 7 heteroatoms. The molecule has 0 atom stereocenters. The number of rotatable bonds is 7. The summed E-state index contributed by atoms with van der Waals surface area (Å²) >= 11 is 0. The highest BCUT2D eigenvalue weighted by molar-refractivity contribution is 5.94. The molecule has 0 aromatic heterocycles. The van der Waals surface area contributed by atoms with Crippen molar-refractivity contribution < 1.29 is 19.1 Å². The Bertz CT molecular complexity index is 447. The number of urea groups is 1. The van der Waals surface area contributed by atoms with Gasteiger partial charge in [0.15, 0.2) is 0 Å². The number of likely N-dealkylation sites (N-methyl/N-ethyl adjacent to an activating group) is 1. The van der Waals surface area contributed by atoms with Gasteiger partial charge in [0.2, 0.25) is 5.91 Å². The summed E-state index contributed by atoms with van der Waals surface area (Å²) in [6.45, 7) is 1.04. The molecule has 20 heavy (non-hydrogen) atoms. The number of ether oxygens (including phenoxy) is 2. The van der Waals surface area contributed by atoms with Crippen LogP contribution in [0.25, 0.3) is 0 Å². The van der Waals surface area contributed by atoms with Crippen LogP contribution in [0.5, 0.6) is 11.5 Å². The summed E-state index contributed by atoms with van der Waals surface area (Å²) in [7, 11) is 3.35. The molecule has 0 aliphatic carbocycles. The molecule has 0 aliphatic heterocycles. The third-order valence-electron chi connectivity index (χ3n) is 2.48. The molecule has 0 spiro atoms. The fourth-order valence-corrected chi connectivity index (χ4v) is 1.49. The summed E-state index contributed by atoms with van der Waals surface area (Å²) in [4.78, 5) is 23.5. The number of carbonyl (C=O) groups is 2. The number of benzene rings is 1. The second-order valence-electron chi connectivity index (χ2n) is 4.17. The Morgan fingerprint density at radius 1 is 1.25 bits per heavy atom. The maximum atomic E-state index is 11.3. The van der Waals surface area contributed by atoms with Crippen LogP contribution in [0, 0.1) is 0 Å². The molecular formula is C13H19N3O4. The number of nitrogens with one attached hydrogen (secondary N) is 1. The molecule has 0 saturated carbocycles. The largest absolute Gasteiger partial charge is 0.497 e. The van der Waals surface area contributed by atoms with Gasteiger partial charge in [-0.05, 0) is 31.3 Å². The van der Waals surface area contributed by atoms with Crippen LogP contribution in [0.2, 0.25) is 0 Å². The molecule has 1 aromatic carbocycles. The summed E-state index contributed by atoms with van der Waals surface area (Å²) in [6.07, 6.45) is 0. The second-order valence-corrected chi connectivity index (χ2v) is 4.17. The van der Waals surface area contributed by atoms with E-state index in [1.54, 1.807) is 43.3 Å². The third kappa shape index (κ3) is 6.05. The average molecular weight is 281 g/mol. The minimum atomic E-state index is -0.849. The van der Waals surface area contributed by atoms with Gasteiger partial charge in [0, 0.05) is 6.54 Å². The maximum Gasteiger partial charge on any atom is 0.318 e. The van der Waals surface area contributed by atoms with E-state index in [2.05, 4.69) is 0 Å². The van der Waals surface area contributed by atoms with Gasteiger partial charge < -0.3 is 15.2 Å². The molecule has 1 rings (SSSR count). The molecule has 1 aromatic rings. The lowest BCUT2D eigenvalue weighted by Crippen LogP contribution is -2.42. The zero-order chi connectivity index (χ0) is 15.0. The quantitative estimate of drug-likeness (QED) is 0.744. The molecule has 3 N–H and O–H groups in total. The van der Waals surface area contributed by atoms with E-state index >= 15 is 0 Å². The molecule has 0 bridgehead atoms. The lowest BCUT2D eigenvalue weighted by molar-refractivity contribution is -0.120. The van der Waals surface area contributed by atoms with Gasteiger partial charge in [-0.15, -0.1) is 0 Å².